The molecule has 0 bridgehead atoms. The van der Waals surface area contributed by atoms with E-state index in [-0.39, 0.29) is 0 Å². The van der Waals surface area contributed by atoms with Gasteiger partial charge in [-0.1, -0.05) is 18.2 Å². The quantitative estimate of drug-likeness (QED) is 0.658. The van der Waals surface area contributed by atoms with E-state index in [1.165, 1.54) is 7.11 Å². The predicted molar refractivity (Wildman–Crippen MR) is 72.3 cm³/mol. The lowest BCUT2D eigenvalue weighted by molar-refractivity contribution is 0.0602. The van der Waals surface area contributed by atoms with Gasteiger partial charge in [-0.05, 0) is 35.4 Å². The normalized spacial score (nSPS) is 9.68. The van der Waals surface area contributed by atoms with Crippen LogP contribution in [0, 0.1) is 11.3 Å². The van der Waals surface area contributed by atoms with E-state index in [1.54, 1.807) is 24.3 Å². The Labute approximate surface area is 111 Å². The van der Waals surface area contributed by atoms with Gasteiger partial charge in [0.05, 0.1) is 24.3 Å². The van der Waals surface area contributed by atoms with Crippen molar-refractivity contribution in [1.82, 2.24) is 0 Å². The zero-order valence-corrected chi connectivity index (χ0v) is 10.4. The number of ether oxygens (including phenoxy) is 1. The van der Waals surface area contributed by atoms with Gasteiger partial charge in [-0.25, -0.2) is 4.79 Å². The smallest absolute Gasteiger partial charge is 0.339 e. The number of carbonyl (C=O) groups is 1. The van der Waals surface area contributed by atoms with Crippen LogP contribution < -0.4 is 5.73 Å². The molecule has 0 saturated heterocycles. The number of nitrogens with zero attached hydrogens (tertiary/aromatic N) is 1. The van der Waals surface area contributed by atoms with Gasteiger partial charge < -0.3 is 10.5 Å². The molecule has 0 aliphatic carbocycles. The van der Waals surface area contributed by atoms with Gasteiger partial charge >= 0.3 is 5.97 Å². The first-order chi connectivity index (χ1) is 9.15. The molecule has 0 fully saturated rings. The molecule has 2 aromatic rings. The lowest BCUT2D eigenvalue weighted by Crippen LogP contribution is -2.05. The van der Waals surface area contributed by atoms with Crippen LogP contribution in [0.4, 0.5) is 5.69 Å². The highest BCUT2D eigenvalue weighted by Gasteiger charge is 2.11. The molecule has 0 heterocycles. The summed E-state index contributed by atoms with van der Waals surface area (Å²) in [5, 5.41) is 8.76. The fraction of sp³-hybridized carbons (Fsp3) is 0.0667. The third-order valence-electron chi connectivity index (χ3n) is 2.81. The lowest BCUT2D eigenvalue weighted by Gasteiger charge is -2.07. The number of nitrogens with two attached hydrogens (primary N) is 1. The zero-order chi connectivity index (χ0) is 13.8. The minimum Gasteiger partial charge on any atom is -0.465 e. The van der Waals surface area contributed by atoms with Crippen LogP contribution in [0.15, 0.2) is 42.5 Å². The first-order valence-electron chi connectivity index (χ1n) is 5.64. The molecule has 0 radical (unpaired) electrons. The van der Waals surface area contributed by atoms with Crippen molar-refractivity contribution in [2.24, 2.45) is 0 Å². The maximum atomic E-state index is 11.6. The van der Waals surface area contributed by atoms with Crippen molar-refractivity contribution in [3.8, 4) is 17.2 Å². The molecule has 2 aromatic carbocycles. The third kappa shape index (κ3) is 2.55. The molecule has 0 aliphatic heterocycles. The number of hydrogen-bond acceptors (Lipinski definition) is 4. The molecule has 94 valence electrons. The summed E-state index contributed by atoms with van der Waals surface area (Å²) in [6.07, 6.45) is 0. The molecule has 0 spiro atoms. The predicted octanol–water partition coefficient (Wildman–Crippen LogP) is 2.59. The molecular weight excluding hydrogens is 240 g/mol. The second kappa shape index (κ2) is 5.23. The van der Waals surface area contributed by atoms with E-state index in [9.17, 15) is 4.79 Å². The Morgan fingerprint density at radius 1 is 1.16 bits per heavy atom. The van der Waals surface area contributed by atoms with Crippen molar-refractivity contribution < 1.29 is 9.53 Å². The summed E-state index contributed by atoms with van der Waals surface area (Å²) in [4.78, 5) is 11.6. The van der Waals surface area contributed by atoms with E-state index in [2.05, 4.69) is 10.8 Å². The number of benzene rings is 2. The van der Waals surface area contributed by atoms with Crippen LogP contribution in [0.2, 0.25) is 0 Å². The number of nitriles is 1. The molecule has 0 aromatic heterocycles. The largest absolute Gasteiger partial charge is 0.465 e. The van der Waals surface area contributed by atoms with E-state index >= 15 is 0 Å². The summed E-state index contributed by atoms with van der Waals surface area (Å²) < 4.78 is 4.68. The molecule has 0 amide bonds. The summed E-state index contributed by atoms with van der Waals surface area (Å²) in [6, 6.07) is 14.3. The van der Waals surface area contributed by atoms with Crippen LogP contribution >= 0.6 is 0 Å². The Hall–Kier alpha value is -2.80. The number of esters is 1. The van der Waals surface area contributed by atoms with E-state index < -0.39 is 5.97 Å². The first kappa shape index (κ1) is 12.7. The van der Waals surface area contributed by atoms with Gasteiger partial charge in [-0.2, -0.15) is 5.26 Å². The number of methoxy groups -OCH3 is 1. The zero-order valence-electron chi connectivity index (χ0n) is 10.4. The van der Waals surface area contributed by atoms with Crippen molar-refractivity contribution in [1.29, 1.82) is 5.26 Å². The second-order valence-electron chi connectivity index (χ2n) is 3.98. The maximum absolute atomic E-state index is 11.6. The van der Waals surface area contributed by atoms with Gasteiger partial charge in [0.1, 0.15) is 0 Å². The summed E-state index contributed by atoms with van der Waals surface area (Å²) in [5.41, 5.74) is 8.81. The lowest BCUT2D eigenvalue weighted by atomic mass is 10.0. The van der Waals surface area contributed by atoms with Crippen LogP contribution in [0.5, 0.6) is 0 Å². The van der Waals surface area contributed by atoms with Crippen molar-refractivity contribution >= 4 is 11.7 Å². The molecule has 2 rings (SSSR count). The molecule has 0 aliphatic rings. The Morgan fingerprint density at radius 2 is 1.79 bits per heavy atom. The van der Waals surface area contributed by atoms with Gasteiger partial charge in [0, 0.05) is 5.69 Å². The van der Waals surface area contributed by atoms with Gasteiger partial charge in [0.15, 0.2) is 0 Å². The third-order valence-corrected chi connectivity index (χ3v) is 2.81. The Kier molecular flexibility index (Phi) is 3.48. The Balaban J connectivity index is 2.45. The second-order valence-corrected chi connectivity index (χ2v) is 3.98. The van der Waals surface area contributed by atoms with Crippen molar-refractivity contribution in [2.45, 2.75) is 0 Å². The van der Waals surface area contributed by atoms with Crippen LogP contribution in [0.25, 0.3) is 11.1 Å². The van der Waals surface area contributed by atoms with Crippen LogP contribution in [0.3, 0.4) is 0 Å². The van der Waals surface area contributed by atoms with Crippen LogP contribution in [-0.4, -0.2) is 13.1 Å². The van der Waals surface area contributed by atoms with Gasteiger partial charge in [0.2, 0.25) is 0 Å². The van der Waals surface area contributed by atoms with Crippen LogP contribution in [0.1, 0.15) is 15.9 Å². The minimum absolute atomic E-state index is 0.337. The monoisotopic (exact) mass is 252 g/mol. The Bertz CT molecular complexity index is 655. The van der Waals surface area contributed by atoms with Crippen LogP contribution in [-0.2, 0) is 4.74 Å². The molecule has 2 N–H and O–H groups in total. The molecule has 4 nitrogen and oxygen atoms in total. The molecular formula is C15H12N2O2. The maximum Gasteiger partial charge on any atom is 0.339 e. The van der Waals surface area contributed by atoms with Gasteiger partial charge in [0.25, 0.3) is 0 Å². The van der Waals surface area contributed by atoms with Gasteiger partial charge in [-0.3, -0.25) is 0 Å². The molecule has 19 heavy (non-hydrogen) atoms. The molecule has 0 unspecified atom stereocenters. The minimum atomic E-state index is -0.465. The number of hydrogen-bond donors (Lipinski definition) is 1. The highest BCUT2D eigenvalue weighted by atomic mass is 16.5. The topological polar surface area (TPSA) is 76.1 Å². The van der Waals surface area contributed by atoms with E-state index in [4.69, 9.17) is 11.0 Å². The SMILES string of the molecule is COC(=O)c1cc(-c2ccc(C#N)cc2)ccc1N. The average molecular weight is 252 g/mol. The summed E-state index contributed by atoms with van der Waals surface area (Å²) >= 11 is 0. The Morgan fingerprint density at radius 3 is 2.37 bits per heavy atom. The standard InChI is InChI=1S/C15H12N2O2/c1-19-15(18)13-8-12(6-7-14(13)17)11-4-2-10(9-16)3-5-11/h2-8H,17H2,1H3. The summed E-state index contributed by atoms with van der Waals surface area (Å²) in [5.74, 6) is -0.465. The molecule has 0 atom stereocenters. The molecule has 0 saturated carbocycles. The van der Waals surface area contributed by atoms with Crippen molar-refractivity contribution in [3.63, 3.8) is 0 Å². The summed E-state index contributed by atoms with van der Waals surface area (Å²) in [7, 11) is 1.32. The van der Waals surface area contributed by atoms with E-state index in [0.717, 1.165) is 11.1 Å². The fourth-order valence-electron chi connectivity index (χ4n) is 1.76. The summed E-state index contributed by atoms with van der Waals surface area (Å²) in [6.45, 7) is 0. The average Bonchev–Trinajstić information content (AvgIpc) is 2.47. The van der Waals surface area contributed by atoms with Crippen molar-refractivity contribution in [2.75, 3.05) is 12.8 Å². The first-order valence-corrected chi connectivity index (χ1v) is 5.64. The number of carbonyl (C=O) groups excluding carboxylic acids is 1. The van der Waals surface area contributed by atoms with Crippen molar-refractivity contribution in [3.05, 3.63) is 53.6 Å². The van der Waals surface area contributed by atoms with E-state index in [1.807, 2.05) is 18.2 Å². The molecule has 4 heteroatoms. The number of anilines is 1. The number of rotatable bonds is 2. The van der Waals surface area contributed by atoms with Gasteiger partial charge in [-0.15, -0.1) is 0 Å². The highest BCUT2D eigenvalue weighted by molar-refractivity contribution is 5.96. The highest BCUT2D eigenvalue weighted by Crippen LogP contribution is 2.24. The van der Waals surface area contributed by atoms with E-state index in [0.29, 0.717) is 16.8 Å². The number of nitrogen functional groups attached to an aromatic ring is 1. The fourth-order valence-corrected chi connectivity index (χ4v) is 1.76.